The van der Waals surface area contributed by atoms with Crippen molar-refractivity contribution in [2.75, 3.05) is 13.6 Å². The van der Waals surface area contributed by atoms with Crippen molar-refractivity contribution in [1.29, 1.82) is 0 Å². The molecule has 1 aromatic heterocycles. The van der Waals surface area contributed by atoms with E-state index in [-0.39, 0.29) is 29.9 Å². The molecule has 0 bridgehead atoms. The Labute approximate surface area is 170 Å². The van der Waals surface area contributed by atoms with Crippen LogP contribution >= 0.6 is 35.3 Å². The normalized spacial score (nSPS) is 10.8. The van der Waals surface area contributed by atoms with Crippen LogP contribution in [0.5, 0.6) is 0 Å². The summed E-state index contributed by atoms with van der Waals surface area (Å²) in [6, 6.07) is 9.65. The summed E-state index contributed by atoms with van der Waals surface area (Å²) >= 11 is 1.74. The van der Waals surface area contributed by atoms with E-state index in [4.69, 9.17) is 0 Å². The predicted octanol–water partition coefficient (Wildman–Crippen LogP) is 3.29. The molecule has 2 aromatic rings. The van der Waals surface area contributed by atoms with Gasteiger partial charge in [-0.05, 0) is 48.6 Å². The maximum Gasteiger partial charge on any atom is 0.251 e. The van der Waals surface area contributed by atoms with Crippen molar-refractivity contribution in [3.05, 3.63) is 57.3 Å². The van der Waals surface area contributed by atoms with Gasteiger partial charge >= 0.3 is 0 Å². The number of thiophene rings is 1. The first-order valence-corrected chi connectivity index (χ1v) is 8.88. The van der Waals surface area contributed by atoms with Crippen LogP contribution in [-0.2, 0) is 13.1 Å². The molecule has 7 heteroatoms. The highest BCUT2D eigenvalue weighted by atomic mass is 127. The van der Waals surface area contributed by atoms with Crippen LogP contribution in [0, 0.1) is 6.92 Å². The second kappa shape index (κ2) is 11.1. The number of halogens is 1. The fourth-order valence-corrected chi connectivity index (χ4v) is 3.06. The minimum Gasteiger partial charge on any atom is -0.357 e. The smallest absolute Gasteiger partial charge is 0.251 e. The summed E-state index contributed by atoms with van der Waals surface area (Å²) in [6.07, 6.45) is 0. The number of hydrogen-bond acceptors (Lipinski definition) is 3. The molecule has 0 aliphatic carbocycles. The van der Waals surface area contributed by atoms with Gasteiger partial charge in [-0.3, -0.25) is 4.79 Å². The molecule has 0 atom stereocenters. The summed E-state index contributed by atoms with van der Waals surface area (Å²) < 4.78 is 0. The summed E-state index contributed by atoms with van der Waals surface area (Å²) in [6.45, 7) is 6.23. The Morgan fingerprint density at radius 2 is 2.04 bits per heavy atom. The molecule has 0 aliphatic rings. The molecule has 2 rings (SSSR count). The topological polar surface area (TPSA) is 65.5 Å². The van der Waals surface area contributed by atoms with E-state index in [1.165, 1.54) is 10.4 Å². The number of amides is 1. The first-order valence-electron chi connectivity index (χ1n) is 8.00. The third-order valence-corrected chi connectivity index (χ3v) is 4.59. The predicted molar refractivity (Wildman–Crippen MR) is 116 cm³/mol. The molecule has 1 heterocycles. The zero-order valence-electron chi connectivity index (χ0n) is 14.8. The monoisotopic (exact) mass is 472 g/mol. The number of aryl methyl sites for hydroxylation is 1. The number of benzene rings is 1. The third-order valence-electron chi connectivity index (χ3n) is 3.56. The van der Waals surface area contributed by atoms with Gasteiger partial charge in [0.2, 0.25) is 0 Å². The largest absolute Gasteiger partial charge is 0.357 e. The van der Waals surface area contributed by atoms with Gasteiger partial charge in [0.1, 0.15) is 0 Å². The van der Waals surface area contributed by atoms with Gasteiger partial charge in [0.15, 0.2) is 5.96 Å². The summed E-state index contributed by atoms with van der Waals surface area (Å²) in [5.41, 5.74) is 2.94. The molecule has 0 unspecified atom stereocenters. The fraction of sp³-hybridized carbons (Fsp3) is 0.333. The lowest BCUT2D eigenvalue weighted by Crippen LogP contribution is -2.36. The van der Waals surface area contributed by atoms with Gasteiger partial charge in [-0.1, -0.05) is 12.1 Å². The Hall–Kier alpha value is -1.61. The van der Waals surface area contributed by atoms with Crippen LogP contribution in [-0.4, -0.2) is 25.5 Å². The van der Waals surface area contributed by atoms with Gasteiger partial charge < -0.3 is 16.0 Å². The van der Waals surface area contributed by atoms with Gasteiger partial charge in [-0.2, -0.15) is 0 Å². The van der Waals surface area contributed by atoms with Crippen molar-refractivity contribution in [3.8, 4) is 0 Å². The van der Waals surface area contributed by atoms with Crippen LogP contribution in [0.25, 0.3) is 0 Å². The third kappa shape index (κ3) is 6.66. The maximum atomic E-state index is 11.7. The summed E-state index contributed by atoms with van der Waals surface area (Å²) in [7, 11) is 1.63. The minimum atomic E-state index is -0.0842. The fourth-order valence-electron chi connectivity index (χ4n) is 2.22. The van der Waals surface area contributed by atoms with Crippen LogP contribution in [0.4, 0.5) is 0 Å². The number of carbonyl (C=O) groups is 1. The molecule has 0 fully saturated rings. The zero-order valence-corrected chi connectivity index (χ0v) is 17.9. The van der Waals surface area contributed by atoms with Crippen molar-refractivity contribution in [1.82, 2.24) is 16.0 Å². The quantitative estimate of drug-likeness (QED) is 0.344. The molecule has 1 aromatic carbocycles. The number of aliphatic imine (C=N–C) groups is 1. The molecular weight excluding hydrogens is 447 g/mol. The standard InChI is InChI=1S/C18H24N4OS.HI/c1-4-20-18(22-12-16-13(2)8-9-24-16)21-11-14-6-5-7-15(10-14)17(23)19-3;/h5-10H,4,11-12H2,1-3H3,(H,19,23)(H2,20,21,22);1H. The highest BCUT2D eigenvalue weighted by Crippen LogP contribution is 2.14. The lowest BCUT2D eigenvalue weighted by atomic mass is 10.1. The Morgan fingerprint density at radius 1 is 1.24 bits per heavy atom. The summed E-state index contributed by atoms with van der Waals surface area (Å²) in [5, 5.41) is 11.3. The number of nitrogens with zero attached hydrogens (tertiary/aromatic N) is 1. The molecule has 3 N–H and O–H groups in total. The SMILES string of the molecule is CCNC(=NCc1cccc(C(=O)NC)c1)NCc1sccc1C.I. The molecule has 0 aliphatic heterocycles. The summed E-state index contributed by atoms with van der Waals surface area (Å²) in [5.74, 6) is 0.690. The average molecular weight is 472 g/mol. The highest BCUT2D eigenvalue weighted by molar-refractivity contribution is 14.0. The van der Waals surface area contributed by atoms with Crippen molar-refractivity contribution >= 4 is 47.2 Å². The number of nitrogens with one attached hydrogen (secondary N) is 3. The van der Waals surface area contributed by atoms with E-state index in [0.29, 0.717) is 12.1 Å². The minimum absolute atomic E-state index is 0. The molecule has 1 amide bonds. The Balaban J connectivity index is 0.00000312. The van der Waals surface area contributed by atoms with E-state index >= 15 is 0 Å². The first kappa shape index (κ1) is 21.4. The van der Waals surface area contributed by atoms with E-state index < -0.39 is 0 Å². The molecule has 25 heavy (non-hydrogen) atoms. The van der Waals surface area contributed by atoms with E-state index in [0.717, 1.165) is 24.6 Å². The van der Waals surface area contributed by atoms with Crippen LogP contribution < -0.4 is 16.0 Å². The molecule has 0 radical (unpaired) electrons. The van der Waals surface area contributed by atoms with Crippen LogP contribution in [0.3, 0.4) is 0 Å². The van der Waals surface area contributed by atoms with Gasteiger partial charge in [0.05, 0.1) is 13.1 Å². The van der Waals surface area contributed by atoms with E-state index in [9.17, 15) is 4.79 Å². The number of rotatable bonds is 6. The molecular formula is C18H25IN4OS. The van der Waals surface area contributed by atoms with Crippen molar-refractivity contribution in [2.24, 2.45) is 4.99 Å². The van der Waals surface area contributed by atoms with E-state index in [1.807, 2.05) is 25.1 Å². The maximum absolute atomic E-state index is 11.7. The van der Waals surface area contributed by atoms with Gasteiger partial charge in [0, 0.05) is 24.0 Å². The molecule has 5 nitrogen and oxygen atoms in total. The van der Waals surface area contributed by atoms with Crippen molar-refractivity contribution in [2.45, 2.75) is 26.9 Å². The molecule has 136 valence electrons. The van der Waals surface area contributed by atoms with Crippen molar-refractivity contribution in [3.63, 3.8) is 0 Å². The Kier molecular flexibility index (Phi) is 9.51. The average Bonchev–Trinajstić information content (AvgIpc) is 3.02. The second-order valence-corrected chi connectivity index (χ2v) is 6.36. The van der Waals surface area contributed by atoms with E-state index in [2.05, 4.69) is 39.3 Å². The number of guanidine groups is 1. The highest BCUT2D eigenvalue weighted by Gasteiger charge is 2.05. The molecule has 0 saturated heterocycles. The second-order valence-electron chi connectivity index (χ2n) is 5.36. The van der Waals surface area contributed by atoms with Crippen LogP contribution in [0.2, 0.25) is 0 Å². The van der Waals surface area contributed by atoms with E-state index in [1.54, 1.807) is 24.5 Å². The molecule has 0 saturated carbocycles. The van der Waals surface area contributed by atoms with Crippen LogP contribution in [0.1, 0.15) is 33.3 Å². The zero-order chi connectivity index (χ0) is 17.4. The Morgan fingerprint density at radius 3 is 2.68 bits per heavy atom. The summed E-state index contributed by atoms with van der Waals surface area (Å²) in [4.78, 5) is 17.6. The van der Waals surface area contributed by atoms with Crippen LogP contribution in [0.15, 0.2) is 40.7 Å². The lowest BCUT2D eigenvalue weighted by molar-refractivity contribution is 0.0963. The van der Waals surface area contributed by atoms with Gasteiger partial charge in [-0.15, -0.1) is 35.3 Å². The van der Waals surface area contributed by atoms with Gasteiger partial charge in [-0.25, -0.2) is 4.99 Å². The lowest BCUT2D eigenvalue weighted by Gasteiger charge is -2.11. The number of hydrogen-bond donors (Lipinski definition) is 3. The van der Waals surface area contributed by atoms with Crippen molar-refractivity contribution < 1.29 is 4.79 Å². The Bertz CT molecular complexity index is 715. The first-order chi connectivity index (χ1) is 11.6. The number of carbonyl (C=O) groups excluding carboxylic acids is 1. The molecule has 0 spiro atoms. The van der Waals surface area contributed by atoms with Gasteiger partial charge in [0.25, 0.3) is 5.91 Å².